The predicted molar refractivity (Wildman–Crippen MR) is 185 cm³/mol. The van der Waals surface area contributed by atoms with Crippen LogP contribution >= 0.6 is 11.6 Å². The number of anilines is 1. The molecule has 0 unspecified atom stereocenters. The van der Waals surface area contributed by atoms with Crippen LogP contribution in [0.3, 0.4) is 0 Å². The second kappa shape index (κ2) is 19.9. The van der Waals surface area contributed by atoms with Gasteiger partial charge in [0.25, 0.3) is 11.8 Å². The number of benzene rings is 3. The Morgan fingerprint density at radius 3 is 2.41 bits per heavy atom. The predicted octanol–water partition coefficient (Wildman–Crippen LogP) is 6.19. The molecule has 3 aromatic rings. The van der Waals surface area contributed by atoms with Crippen LogP contribution in [-0.2, 0) is 22.2 Å². The van der Waals surface area contributed by atoms with Gasteiger partial charge >= 0.3 is 6.18 Å². The quantitative estimate of drug-likeness (QED) is 0.0871. The highest BCUT2D eigenvalue weighted by Crippen LogP contribution is 2.35. The Labute approximate surface area is 290 Å². The smallest absolute Gasteiger partial charge is 0.417 e. The van der Waals surface area contributed by atoms with Gasteiger partial charge in [0.1, 0.15) is 12.4 Å². The van der Waals surface area contributed by atoms with Gasteiger partial charge in [-0.05, 0) is 73.7 Å². The molecule has 0 atom stereocenters. The van der Waals surface area contributed by atoms with Crippen molar-refractivity contribution in [3.05, 3.63) is 93.5 Å². The van der Waals surface area contributed by atoms with Crippen LogP contribution in [0.15, 0.2) is 65.8 Å². The highest BCUT2D eigenvalue weighted by Gasteiger charge is 2.33. The van der Waals surface area contributed by atoms with E-state index in [0.29, 0.717) is 31.1 Å². The Hall–Kier alpha value is -4.01. The maximum Gasteiger partial charge on any atom is 0.417 e. The van der Waals surface area contributed by atoms with Crippen LogP contribution in [0.25, 0.3) is 0 Å². The van der Waals surface area contributed by atoms with E-state index in [1.54, 1.807) is 31.4 Å². The number of alkyl halides is 3. The van der Waals surface area contributed by atoms with E-state index in [-0.39, 0.29) is 30.0 Å². The van der Waals surface area contributed by atoms with Crippen LogP contribution in [0.2, 0.25) is 5.02 Å². The minimum absolute atomic E-state index is 0.0164. The van der Waals surface area contributed by atoms with Crippen LogP contribution in [0, 0.1) is 0 Å². The molecule has 10 nitrogen and oxygen atoms in total. The van der Waals surface area contributed by atoms with Gasteiger partial charge in [-0.3, -0.25) is 9.59 Å². The van der Waals surface area contributed by atoms with Gasteiger partial charge in [0.2, 0.25) is 0 Å². The Morgan fingerprint density at radius 1 is 0.939 bits per heavy atom. The number of rotatable bonds is 19. The molecule has 49 heavy (non-hydrogen) atoms. The lowest BCUT2D eigenvalue weighted by Gasteiger charge is -2.23. The molecule has 0 aliphatic rings. The fraction of sp³-hybridized carbons (Fsp3) is 0.400. The lowest BCUT2D eigenvalue weighted by Crippen LogP contribution is -2.32. The number of amides is 2. The molecule has 0 bridgehead atoms. The van der Waals surface area contributed by atoms with Crippen molar-refractivity contribution in [1.29, 1.82) is 0 Å². The first-order chi connectivity index (χ1) is 23.4. The van der Waals surface area contributed by atoms with E-state index in [2.05, 4.69) is 39.5 Å². The lowest BCUT2D eigenvalue weighted by molar-refractivity contribution is -0.137. The standard InChI is InChI=1S/C35H43ClF3N5O5/c1-5-44(6-2)15-14-43(3)24-26-8-7-9-27(20-26)33(45)41-32-13-11-28(49-19-18-48-17-16-47-4)22-29(32)34(46)42-40-23-25-10-12-31(36)30(21-25)35(37,38)39/h7-13,20-23H,5-6,14-19,24H2,1-4H3,(H,41,45)(H,42,46)/b40-23-. The van der Waals surface area contributed by atoms with Crippen molar-refractivity contribution in [2.75, 3.05) is 72.1 Å². The van der Waals surface area contributed by atoms with E-state index in [4.69, 9.17) is 25.8 Å². The van der Waals surface area contributed by atoms with Crippen molar-refractivity contribution in [3.8, 4) is 5.75 Å². The molecule has 0 saturated heterocycles. The molecule has 0 fully saturated rings. The average molecular weight is 706 g/mol. The zero-order valence-electron chi connectivity index (χ0n) is 28.1. The van der Waals surface area contributed by atoms with Gasteiger partial charge in [-0.15, -0.1) is 0 Å². The maximum atomic E-state index is 13.4. The van der Waals surface area contributed by atoms with Crippen molar-refractivity contribution in [2.45, 2.75) is 26.6 Å². The number of nitrogens with one attached hydrogen (secondary N) is 2. The van der Waals surface area contributed by atoms with Gasteiger partial charge in [0.05, 0.1) is 47.9 Å². The third-order valence-electron chi connectivity index (χ3n) is 7.42. The van der Waals surface area contributed by atoms with E-state index in [1.807, 2.05) is 13.1 Å². The summed E-state index contributed by atoms with van der Waals surface area (Å²) in [5, 5.41) is 6.17. The van der Waals surface area contributed by atoms with Crippen molar-refractivity contribution in [1.82, 2.24) is 15.2 Å². The monoisotopic (exact) mass is 705 g/mol. The Balaban J connectivity index is 1.77. The van der Waals surface area contributed by atoms with Gasteiger partial charge in [0, 0.05) is 32.3 Å². The molecule has 14 heteroatoms. The van der Waals surface area contributed by atoms with Gasteiger partial charge in [0.15, 0.2) is 0 Å². The Kier molecular flexibility index (Phi) is 16.0. The summed E-state index contributed by atoms with van der Waals surface area (Å²) in [6, 6.07) is 15.0. The molecule has 3 aromatic carbocycles. The summed E-state index contributed by atoms with van der Waals surface area (Å²) in [5.41, 5.74) is 2.89. The molecule has 0 aliphatic carbocycles. The fourth-order valence-corrected chi connectivity index (χ4v) is 4.91. The van der Waals surface area contributed by atoms with E-state index >= 15 is 0 Å². The normalized spacial score (nSPS) is 11.8. The van der Waals surface area contributed by atoms with Crippen molar-refractivity contribution >= 4 is 35.3 Å². The van der Waals surface area contributed by atoms with Crippen molar-refractivity contribution in [3.63, 3.8) is 0 Å². The van der Waals surface area contributed by atoms with Crippen LogP contribution < -0.4 is 15.5 Å². The molecule has 2 N–H and O–H groups in total. The number of methoxy groups -OCH3 is 1. The Morgan fingerprint density at radius 2 is 1.69 bits per heavy atom. The van der Waals surface area contributed by atoms with Crippen LogP contribution in [0.4, 0.5) is 18.9 Å². The summed E-state index contributed by atoms with van der Waals surface area (Å²) in [7, 11) is 3.60. The summed E-state index contributed by atoms with van der Waals surface area (Å²) in [4.78, 5) is 31.2. The number of likely N-dealkylation sites (N-methyl/N-ethyl adjacent to an activating group) is 2. The molecule has 3 rings (SSSR count). The molecular weight excluding hydrogens is 663 g/mol. The highest BCUT2D eigenvalue weighted by molar-refractivity contribution is 6.31. The largest absolute Gasteiger partial charge is 0.491 e. The first-order valence-corrected chi connectivity index (χ1v) is 16.2. The first kappa shape index (κ1) is 39.4. The number of hydrogen-bond donors (Lipinski definition) is 2. The third kappa shape index (κ3) is 13.1. The van der Waals surface area contributed by atoms with Crippen LogP contribution in [0.1, 0.15) is 51.3 Å². The second-order valence-electron chi connectivity index (χ2n) is 11.0. The summed E-state index contributed by atoms with van der Waals surface area (Å²) in [6.45, 7) is 9.96. The van der Waals surface area contributed by atoms with E-state index in [9.17, 15) is 22.8 Å². The molecule has 0 saturated carbocycles. The number of carbonyl (C=O) groups is 2. The molecule has 0 aliphatic heterocycles. The van der Waals surface area contributed by atoms with Gasteiger partial charge in [-0.2, -0.15) is 18.3 Å². The summed E-state index contributed by atoms with van der Waals surface area (Å²) >= 11 is 5.70. The number of ether oxygens (including phenoxy) is 3. The van der Waals surface area contributed by atoms with Crippen LogP contribution in [-0.4, -0.2) is 94.6 Å². The van der Waals surface area contributed by atoms with Gasteiger partial charge in [-0.25, -0.2) is 5.43 Å². The molecule has 0 aromatic heterocycles. The first-order valence-electron chi connectivity index (χ1n) is 15.8. The summed E-state index contributed by atoms with van der Waals surface area (Å²) < 4.78 is 55.9. The van der Waals surface area contributed by atoms with Crippen molar-refractivity contribution < 1.29 is 37.0 Å². The molecule has 0 radical (unpaired) electrons. The van der Waals surface area contributed by atoms with Crippen LogP contribution in [0.5, 0.6) is 5.75 Å². The Bertz CT molecular complexity index is 1550. The minimum Gasteiger partial charge on any atom is -0.491 e. The fourth-order valence-electron chi connectivity index (χ4n) is 4.69. The summed E-state index contributed by atoms with van der Waals surface area (Å²) in [6.07, 6.45) is -3.60. The topological polar surface area (TPSA) is 105 Å². The molecule has 2 amide bonds. The lowest BCUT2D eigenvalue weighted by atomic mass is 10.1. The number of nitrogens with zero attached hydrogens (tertiary/aromatic N) is 3. The van der Waals surface area contributed by atoms with Gasteiger partial charge in [-0.1, -0.05) is 43.6 Å². The molecule has 266 valence electrons. The zero-order valence-corrected chi connectivity index (χ0v) is 28.9. The zero-order chi connectivity index (χ0) is 35.8. The third-order valence-corrected chi connectivity index (χ3v) is 7.75. The number of hydrazone groups is 1. The minimum atomic E-state index is -4.66. The molecular formula is C35H43ClF3N5O5. The SMILES string of the molecule is CCN(CC)CCN(C)Cc1cccc(C(=O)Nc2ccc(OCCOCCOC)cc2C(=O)N/N=C\c2ccc(Cl)c(C(F)(F)F)c2)c1. The summed E-state index contributed by atoms with van der Waals surface area (Å²) in [5.74, 6) is -0.849. The molecule has 0 spiro atoms. The van der Waals surface area contributed by atoms with E-state index in [0.717, 1.165) is 50.1 Å². The van der Waals surface area contributed by atoms with Gasteiger partial charge < -0.3 is 29.3 Å². The van der Waals surface area contributed by atoms with Crippen molar-refractivity contribution in [2.24, 2.45) is 5.10 Å². The number of hydrogen-bond acceptors (Lipinski definition) is 8. The average Bonchev–Trinajstić information content (AvgIpc) is 3.07. The number of carbonyl (C=O) groups excluding carboxylic acids is 2. The second-order valence-corrected chi connectivity index (χ2v) is 11.4. The van der Waals surface area contributed by atoms with E-state index in [1.165, 1.54) is 18.2 Å². The highest BCUT2D eigenvalue weighted by atomic mass is 35.5. The molecule has 0 heterocycles. The number of halogens is 4. The maximum absolute atomic E-state index is 13.4. The van der Waals surface area contributed by atoms with E-state index < -0.39 is 28.6 Å².